The third-order valence-corrected chi connectivity index (χ3v) is 11.0. The van der Waals surface area contributed by atoms with Gasteiger partial charge in [0.2, 0.25) is 0 Å². The van der Waals surface area contributed by atoms with Gasteiger partial charge in [0.15, 0.2) is 0 Å². The summed E-state index contributed by atoms with van der Waals surface area (Å²) in [5.41, 5.74) is 4.03. The van der Waals surface area contributed by atoms with Crippen LogP contribution in [-0.4, -0.2) is 9.13 Å². The first-order valence-electron chi connectivity index (χ1n) is 18.4. The van der Waals surface area contributed by atoms with E-state index in [0.29, 0.717) is 34.7 Å². The molecular formula is C49H31F5N2. The number of rotatable bonds is 4. The zero-order valence-corrected chi connectivity index (χ0v) is 29.8. The molecule has 0 N–H and O–H groups in total. The molecule has 2 aliphatic carbocycles. The van der Waals surface area contributed by atoms with Crippen molar-refractivity contribution in [3.8, 4) is 33.6 Å². The maximum atomic E-state index is 16.3. The standard InChI is InChI=1S/C49H31F5N2/c50-35-21-24-41(51)40(29-35)34-27-46(55-42-17-9-7-15-36(42)38-22-19-32(25-44(38)55)30-11-3-1-4-12-30)48(49(52,53)54)47(28-34)56-43-18-10-8-16-37(43)39-23-20-33(26-45(39)56)31-13-5-2-6-14-31/h1-13,15,17-29H,14,16H2. The van der Waals surface area contributed by atoms with E-state index in [2.05, 4.69) is 0 Å². The SMILES string of the molecule is Fc1ccc(F)c(-c2cc(-n3c4c(c5ccc(=C6C=CC=CC6)cc53)CC=CC=4)c(C(F)(F)F)c(-n3c4ccccc4c4ccc(-c5ccccc5)cc43)c2)c1. The first-order chi connectivity index (χ1) is 27.2. The molecule has 6 aromatic carbocycles. The minimum Gasteiger partial charge on any atom is -0.309 e. The van der Waals surface area contributed by atoms with E-state index in [4.69, 9.17) is 0 Å². The summed E-state index contributed by atoms with van der Waals surface area (Å²) in [6.07, 6.45) is 9.95. The molecule has 8 aromatic rings. The van der Waals surface area contributed by atoms with Crippen LogP contribution in [0.2, 0.25) is 0 Å². The average Bonchev–Trinajstić information content (AvgIpc) is 3.73. The van der Waals surface area contributed by atoms with Crippen molar-refractivity contribution in [2.45, 2.75) is 19.0 Å². The van der Waals surface area contributed by atoms with Crippen LogP contribution in [0.25, 0.3) is 78.0 Å². The summed E-state index contributed by atoms with van der Waals surface area (Å²) in [5, 5.41) is 3.83. The highest BCUT2D eigenvalue weighted by molar-refractivity contribution is 6.10. The molecule has 272 valence electrons. The molecule has 7 heteroatoms. The molecule has 2 aliphatic rings. The monoisotopic (exact) mass is 742 g/mol. The van der Waals surface area contributed by atoms with Crippen molar-refractivity contribution in [3.05, 3.63) is 191 Å². The van der Waals surface area contributed by atoms with Crippen molar-refractivity contribution in [1.29, 1.82) is 0 Å². The van der Waals surface area contributed by atoms with Crippen LogP contribution in [0.5, 0.6) is 0 Å². The molecule has 2 nitrogen and oxygen atoms in total. The van der Waals surface area contributed by atoms with E-state index in [-0.39, 0.29) is 22.5 Å². The molecule has 0 aliphatic heterocycles. The largest absolute Gasteiger partial charge is 0.420 e. The van der Waals surface area contributed by atoms with Crippen LogP contribution in [0.4, 0.5) is 22.0 Å². The van der Waals surface area contributed by atoms with E-state index in [0.717, 1.165) is 61.8 Å². The number of hydrogen-bond donors (Lipinski definition) is 0. The maximum absolute atomic E-state index is 16.3. The van der Waals surface area contributed by atoms with Crippen LogP contribution in [0.15, 0.2) is 158 Å². The van der Waals surface area contributed by atoms with E-state index in [1.807, 2.05) is 121 Å². The van der Waals surface area contributed by atoms with Crippen molar-refractivity contribution in [3.63, 3.8) is 0 Å². The van der Waals surface area contributed by atoms with Gasteiger partial charge in [-0.3, -0.25) is 0 Å². The first-order valence-corrected chi connectivity index (χ1v) is 18.4. The average molecular weight is 743 g/mol. The molecule has 0 saturated heterocycles. The van der Waals surface area contributed by atoms with E-state index < -0.39 is 23.4 Å². The Hall–Kier alpha value is -6.73. The minimum absolute atomic E-state index is 0.109. The van der Waals surface area contributed by atoms with Gasteiger partial charge in [0, 0.05) is 21.7 Å². The molecule has 0 amide bonds. The Labute approximate surface area is 318 Å². The third-order valence-electron chi connectivity index (χ3n) is 11.0. The van der Waals surface area contributed by atoms with Crippen LogP contribution < -0.4 is 10.6 Å². The highest BCUT2D eigenvalue weighted by Crippen LogP contribution is 2.45. The fourth-order valence-corrected chi connectivity index (χ4v) is 8.47. The summed E-state index contributed by atoms with van der Waals surface area (Å²) in [6.45, 7) is 0. The van der Waals surface area contributed by atoms with Crippen LogP contribution in [0.3, 0.4) is 0 Å². The number of benzene rings is 6. The van der Waals surface area contributed by atoms with Gasteiger partial charge in [-0.2, -0.15) is 13.2 Å². The summed E-state index contributed by atoms with van der Waals surface area (Å²) in [5.74, 6) is -1.45. The van der Waals surface area contributed by atoms with Gasteiger partial charge in [0.25, 0.3) is 0 Å². The lowest BCUT2D eigenvalue weighted by atomic mass is 9.98. The van der Waals surface area contributed by atoms with Crippen molar-refractivity contribution in [2.75, 3.05) is 0 Å². The zero-order valence-electron chi connectivity index (χ0n) is 29.8. The van der Waals surface area contributed by atoms with Gasteiger partial charge in [-0.15, -0.1) is 0 Å². The maximum Gasteiger partial charge on any atom is 0.420 e. The van der Waals surface area contributed by atoms with E-state index >= 15 is 17.6 Å². The summed E-state index contributed by atoms with van der Waals surface area (Å²) < 4.78 is 83.0. The topological polar surface area (TPSA) is 9.86 Å². The number of hydrogen-bond acceptors (Lipinski definition) is 0. The highest BCUT2D eigenvalue weighted by Gasteiger charge is 2.40. The molecule has 2 heterocycles. The summed E-state index contributed by atoms with van der Waals surface area (Å²) >= 11 is 0. The summed E-state index contributed by atoms with van der Waals surface area (Å²) in [7, 11) is 0. The van der Waals surface area contributed by atoms with E-state index in [1.54, 1.807) is 21.3 Å². The predicted octanol–water partition coefficient (Wildman–Crippen LogP) is 11.9. The Morgan fingerprint density at radius 3 is 2.07 bits per heavy atom. The Kier molecular flexibility index (Phi) is 7.82. The Bertz CT molecular complexity index is 3140. The van der Waals surface area contributed by atoms with E-state index in [9.17, 15) is 4.39 Å². The summed E-state index contributed by atoms with van der Waals surface area (Å²) in [4.78, 5) is 0. The van der Waals surface area contributed by atoms with Crippen molar-refractivity contribution in [2.24, 2.45) is 0 Å². The number of fused-ring (bicyclic) bond motifs is 6. The van der Waals surface area contributed by atoms with Crippen LogP contribution in [0, 0.1) is 11.6 Å². The number of aromatic nitrogens is 2. The van der Waals surface area contributed by atoms with Gasteiger partial charge in [0.05, 0.1) is 33.3 Å². The lowest BCUT2D eigenvalue weighted by molar-refractivity contribution is -0.137. The van der Waals surface area contributed by atoms with Crippen molar-refractivity contribution < 1.29 is 22.0 Å². The minimum atomic E-state index is -4.89. The fraction of sp³-hybridized carbons (Fsp3) is 0.0612. The Balaban J connectivity index is 1.39. The number of para-hydroxylation sites is 1. The van der Waals surface area contributed by atoms with Crippen LogP contribution >= 0.6 is 0 Å². The van der Waals surface area contributed by atoms with Gasteiger partial charge in [-0.05, 0) is 100 Å². The second-order valence-electron chi connectivity index (χ2n) is 14.2. The number of halogens is 5. The molecule has 0 unspecified atom stereocenters. The fourth-order valence-electron chi connectivity index (χ4n) is 8.47. The molecule has 0 radical (unpaired) electrons. The van der Waals surface area contributed by atoms with Gasteiger partial charge >= 0.3 is 6.18 Å². The molecule has 0 atom stereocenters. The van der Waals surface area contributed by atoms with Crippen LogP contribution in [0.1, 0.15) is 17.5 Å². The highest BCUT2D eigenvalue weighted by atomic mass is 19.4. The number of alkyl halides is 3. The second-order valence-corrected chi connectivity index (χ2v) is 14.2. The quantitative estimate of drug-likeness (QED) is 0.159. The number of nitrogens with zero attached hydrogens (tertiary/aromatic N) is 2. The van der Waals surface area contributed by atoms with E-state index in [1.165, 1.54) is 12.1 Å². The molecule has 0 fully saturated rings. The summed E-state index contributed by atoms with van der Waals surface area (Å²) in [6, 6.07) is 34.5. The zero-order chi connectivity index (χ0) is 38.1. The van der Waals surface area contributed by atoms with Gasteiger partial charge in [0.1, 0.15) is 17.2 Å². The Morgan fingerprint density at radius 1 is 0.536 bits per heavy atom. The van der Waals surface area contributed by atoms with Crippen LogP contribution in [-0.2, 0) is 12.6 Å². The molecule has 0 spiro atoms. The van der Waals surface area contributed by atoms with Crippen molar-refractivity contribution in [1.82, 2.24) is 9.13 Å². The normalized spacial score (nSPS) is 14.9. The van der Waals surface area contributed by atoms with Gasteiger partial charge < -0.3 is 9.13 Å². The molecule has 0 bridgehead atoms. The lowest BCUT2D eigenvalue weighted by Crippen LogP contribution is -2.24. The number of allylic oxidation sites excluding steroid dienone is 6. The lowest BCUT2D eigenvalue weighted by Gasteiger charge is -2.23. The predicted molar refractivity (Wildman–Crippen MR) is 216 cm³/mol. The Morgan fingerprint density at radius 2 is 1.27 bits per heavy atom. The smallest absolute Gasteiger partial charge is 0.309 e. The molecule has 0 saturated carbocycles. The van der Waals surface area contributed by atoms with Gasteiger partial charge in [-0.1, -0.05) is 109 Å². The first kappa shape index (κ1) is 33.8. The third kappa shape index (κ3) is 5.45. The molecule has 2 aromatic heterocycles. The molecular weight excluding hydrogens is 712 g/mol. The van der Waals surface area contributed by atoms with Gasteiger partial charge in [-0.25, -0.2) is 8.78 Å². The molecule has 56 heavy (non-hydrogen) atoms. The van der Waals surface area contributed by atoms with Crippen molar-refractivity contribution >= 4 is 44.4 Å². The second kappa shape index (κ2) is 12.9. The molecule has 10 rings (SSSR count).